The van der Waals surface area contributed by atoms with E-state index in [2.05, 4.69) is 13.8 Å². The highest BCUT2D eigenvalue weighted by atomic mass is 16.5. The van der Waals surface area contributed by atoms with E-state index in [9.17, 15) is 0 Å². The lowest BCUT2D eigenvalue weighted by atomic mass is 10.0. The molecule has 1 radical (unpaired) electrons. The minimum atomic E-state index is 0.544. The predicted molar refractivity (Wildman–Crippen MR) is 116 cm³/mol. The van der Waals surface area contributed by atoms with Crippen molar-refractivity contribution in [2.24, 2.45) is 0 Å². The van der Waals surface area contributed by atoms with E-state index in [4.69, 9.17) is 9.47 Å². The van der Waals surface area contributed by atoms with Crippen LogP contribution in [0.3, 0.4) is 0 Å². The van der Waals surface area contributed by atoms with Gasteiger partial charge in [-0.15, -0.1) is 0 Å². The van der Waals surface area contributed by atoms with E-state index in [1.807, 2.05) is 0 Å². The molecule has 0 bridgehead atoms. The zero-order valence-electron chi connectivity index (χ0n) is 18.1. The van der Waals surface area contributed by atoms with E-state index < -0.39 is 0 Å². The molecule has 0 unspecified atom stereocenters. The Labute approximate surface area is 165 Å². The molecule has 2 heteroatoms. The van der Waals surface area contributed by atoms with Crippen LogP contribution in [0, 0.1) is 6.92 Å². The summed E-state index contributed by atoms with van der Waals surface area (Å²) in [6.07, 6.45) is 25.6. The van der Waals surface area contributed by atoms with Gasteiger partial charge in [0.15, 0.2) is 0 Å². The molecule has 0 atom stereocenters. The van der Waals surface area contributed by atoms with Gasteiger partial charge >= 0.3 is 0 Å². The molecular weight excluding hydrogens is 320 g/mol. The normalized spacial score (nSPS) is 11.3. The zero-order chi connectivity index (χ0) is 19.0. The van der Waals surface area contributed by atoms with Gasteiger partial charge in [0.05, 0.1) is 13.2 Å². The Hall–Kier alpha value is -0.0800. The molecule has 0 N–H and O–H groups in total. The van der Waals surface area contributed by atoms with E-state index in [0.717, 1.165) is 6.61 Å². The summed E-state index contributed by atoms with van der Waals surface area (Å²) in [6.45, 7) is 8.76. The number of unbranched alkanes of at least 4 members (excludes halogenated alkanes) is 17. The summed E-state index contributed by atoms with van der Waals surface area (Å²) in [5.41, 5.74) is 0. The molecule has 0 aliphatic carbocycles. The number of ether oxygens (including phenoxy) is 2. The van der Waals surface area contributed by atoms with Crippen LogP contribution in [0.4, 0.5) is 0 Å². The monoisotopic (exact) mass is 369 g/mol. The molecule has 0 aromatic carbocycles. The molecule has 2 nitrogen and oxygen atoms in total. The SMILES string of the molecule is [CH2]COCCOCCCCCCCCCCCCCCCCCCCC. The second-order valence-corrected chi connectivity index (χ2v) is 7.74. The van der Waals surface area contributed by atoms with Gasteiger partial charge in [0.2, 0.25) is 0 Å². The van der Waals surface area contributed by atoms with E-state index in [1.54, 1.807) is 0 Å². The molecule has 0 aliphatic rings. The molecule has 0 aromatic heterocycles. The first-order chi connectivity index (χ1) is 12.9. The standard InChI is InChI=1S/C24H49O2/c1-3-5-6-7-8-9-10-11-12-13-14-15-16-17-18-19-20-21-22-26-24-23-25-4-2/h2-24H2,1H3. The topological polar surface area (TPSA) is 18.5 Å². The lowest BCUT2D eigenvalue weighted by molar-refractivity contribution is 0.0561. The van der Waals surface area contributed by atoms with Gasteiger partial charge in [-0.05, 0) is 13.3 Å². The zero-order valence-corrected chi connectivity index (χ0v) is 18.1. The molecule has 0 fully saturated rings. The molecule has 0 saturated carbocycles. The Kier molecular flexibility index (Phi) is 24.8. The van der Waals surface area contributed by atoms with Gasteiger partial charge in [0, 0.05) is 13.2 Å². The van der Waals surface area contributed by atoms with Crippen LogP contribution in [0.15, 0.2) is 0 Å². The average Bonchev–Trinajstić information content (AvgIpc) is 2.66. The van der Waals surface area contributed by atoms with Gasteiger partial charge in [0.1, 0.15) is 0 Å². The van der Waals surface area contributed by atoms with E-state index >= 15 is 0 Å². The predicted octanol–water partition coefficient (Wildman–Crippen LogP) is 7.90. The van der Waals surface area contributed by atoms with Crippen molar-refractivity contribution in [3.8, 4) is 0 Å². The highest BCUT2D eigenvalue weighted by molar-refractivity contribution is 4.50. The fourth-order valence-corrected chi connectivity index (χ4v) is 3.43. The molecule has 0 aliphatic heterocycles. The van der Waals surface area contributed by atoms with Crippen LogP contribution in [0.2, 0.25) is 0 Å². The summed E-state index contributed by atoms with van der Waals surface area (Å²) in [4.78, 5) is 0. The van der Waals surface area contributed by atoms with Gasteiger partial charge in [-0.25, -0.2) is 0 Å². The van der Waals surface area contributed by atoms with Crippen molar-refractivity contribution < 1.29 is 9.47 Å². The highest BCUT2D eigenvalue weighted by Crippen LogP contribution is 2.14. The van der Waals surface area contributed by atoms with Gasteiger partial charge in [-0.3, -0.25) is 0 Å². The fourth-order valence-electron chi connectivity index (χ4n) is 3.43. The summed E-state index contributed by atoms with van der Waals surface area (Å²) in [6, 6.07) is 0. The van der Waals surface area contributed by atoms with E-state index in [0.29, 0.717) is 19.8 Å². The first-order valence-corrected chi connectivity index (χ1v) is 11.9. The summed E-state index contributed by atoms with van der Waals surface area (Å²) >= 11 is 0. The molecule has 26 heavy (non-hydrogen) atoms. The van der Waals surface area contributed by atoms with Crippen molar-refractivity contribution >= 4 is 0 Å². The molecule has 157 valence electrons. The Morgan fingerprint density at radius 3 is 1.15 bits per heavy atom. The third-order valence-corrected chi connectivity index (χ3v) is 5.16. The molecule has 0 heterocycles. The van der Waals surface area contributed by atoms with Crippen molar-refractivity contribution in [3.05, 3.63) is 6.92 Å². The van der Waals surface area contributed by atoms with Crippen molar-refractivity contribution in [1.29, 1.82) is 0 Å². The highest BCUT2D eigenvalue weighted by Gasteiger charge is 1.95. The smallest absolute Gasteiger partial charge is 0.0700 e. The lowest BCUT2D eigenvalue weighted by Crippen LogP contribution is -2.04. The van der Waals surface area contributed by atoms with Crippen molar-refractivity contribution in [3.63, 3.8) is 0 Å². The molecule has 0 saturated heterocycles. The summed E-state index contributed by atoms with van der Waals surface area (Å²) in [5, 5.41) is 0. The fraction of sp³-hybridized carbons (Fsp3) is 0.958. The first kappa shape index (κ1) is 25.9. The number of rotatable bonds is 23. The van der Waals surface area contributed by atoms with Crippen LogP contribution < -0.4 is 0 Å². The summed E-state index contributed by atoms with van der Waals surface area (Å²) in [7, 11) is 0. The minimum Gasteiger partial charge on any atom is -0.379 e. The van der Waals surface area contributed by atoms with Gasteiger partial charge < -0.3 is 9.47 Å². The van der Waals surface area contributed by atoms with Crippen LogP contribution in [0.1, 0.15) is 122 Å². The Bertz CT molecular complexity index is 206. The second kappa shape index (κ2) is 24.9. The molecule has 0 amide bonds. The molecule has 0 spiro atoms. The maximum absolute atomic E-state index is 5.51. The third-order valence-electron chi connectivity index (χ3n) is 5.16. The lowest BCUT2D eigenvalue weighted by Gasteiger charge is -2.05. The van der Waals surface area contributed by atoms with Crippen LogP contribution in [-0.4, -0.2) is 26.4 Å². The van der Waals surface area contributed by atoms with Gasteiger partial charge in [0.25, 0.3) is 0 Å². The first-order valence-electron chi connectivity index (χ1n) is 11.9. The molecule has 0 rings (SSSR count). The van der Waals surface area contributed by atoms with Crippen LogP contribution in [-0.2, 0) is 9.47 Å². The third kappa shape index (κ3) is 23.9. The largest absolute Gasteiger partial charge is 0.379 e. The molecular formula is C24H49O2. The van der Waals surface area contributed by atoms with Crippen molar-refractivity contribution in [1.82, 2.24) is 0 Å². The maximum atomic E-state index is 5.51. The van der Waals surface area contributed by atoms with Gasteiger partial charge in [-0.1, -0.05) is 116 Å². The van der Waals surface area contributed by atoms with E-state index in [1.165, 1.54) is 116 Å². The Balaban J connectivity index is 2.95. The van der Waals surface area contributed by atoms with E-state index in [-0.39, 0.29) is 0 Å². The van der Waals surface area contributed by atoms with Crippen LogP contribution >= 0.6 is 0 Å². The maximum Gasteiger partial charge on any atom is 0.0700 e. The summed E-state index contributed by atoms with van der Waals surface area (Å²) in [5.74, 6) is 0. The average molecular weight is 370 g/mol. The van der Waals surface area contributed by atoms with Crippen LogP contribution in [0.5, 0.6) is 0 Å². The van der Waals surface area contributed by atoms with Crippen molar-refractivity contribution in [2.45, 2.75) is 122 Å². The summed E-state index contributed by atoms with van der Waals surface area (Å²) < 4.78 is 10.6. The second-order valence-electron chi connectivity index (χ2n) is 7.74. The number of hydrogen-bond donors (Lipinski definition) is 0. The van der Waals surface area contributed by atoms with Crippen molar-refractivity contribution in [2.75, 3.05) is 26.4 Å². The van der Waals surface area contributed by atoms with Gasteiger partial charge in [-0.2, -0.15) is 0 Å². The quantitative estimate of drug-likeness (QED) is 0.170. The Morgan fingerprint density at radius 2 is 0.769 bits per heavy atom. The minimum absolute atomic E-state index is 0.544. The Morgan fingerprint density at radius 1 is 0.423 bits per heavy atom. The van der Waals surface area contributed by atoms with Crippen LogP contribution in [0.25, 0.3) is 0 Å². The number of hydrogen-bond acceptors (Lipinski definition) is 2. The molecule has 0 aromatic rings.